The summed E-state index contributed by atoms with van der Waals surface area (Å²) >= 11 is 6.19. The van der Waals surface area contributed by atoms with E-state index in [1.807, 2.05) is 48.5 Å². The predicted octanol–water partition coefficient (Wildman–Crippen LogP) is 3.37. The molecule has 150 valence electrons. The average Bonchev–Trinajstić information content (AvgIpc) is 3.00. The van der Waals surface area contributed by atoms with Crippen molar-refractivity contribution in [3.05, 3.63) is 82.8 Å². The number of carbonyl (C=O) groups excluding carboxylic acids is 2. The fraction of sp³-hybridized carbons (Fsp3) is 0.0870. The molecule has 5 nitrogen and oxygen atoms in total. The van der Waals surface area contributed by atoms with Crippen molar-refractivity contribution in [3.8, 4) is 5.75 Å². The van der Waals surface area contributed by atoms with Gasteiger partial charge in [-0.2, -0.15) is 0 Å². The van der Waals surface area contributed by atoms with E-state index in [1.54, 1.807) is 6.08 Å². The summed E-state index contributed by atoms with van der Waals surface area (Å²) in [6.07, 6.45) is 1.67. The van der Waals surface area contributed by atoms with Gasteiger partial charge in [0, 0.05) is 5.56 Å². The van der Waals surface area contributed by atoms with Crippen molar-refractivity contribution >= 4 is 57.0 Å². The molecule has 1 aliphatic heterocycles. The zero-order valence-corrected chi connectivity index (χ0v) is 17.4. The standard InChI is InChI=1S/C23H17NO4S2/c25-21(26)13-24-22(27)20(30-23(24)29)12-16-7-2-4-11-19(16)28-14-17-9-5-8-15-6-1-3-10-18(15)17/h1-12H,13-14H2,(H,25,26)/p-1/b20-12+. The van der Waals surface area contributed by atoms with E-state index in [0.717, 1.165) is 33.0 Å². The summed E-state index contributed by atoms with van der Waals surface area (Å²) in [4.78, 5) is 24.8. The Morgan fingerprint density at radius 1 is 1.07 bits per heavy atom. The van der Waals surface area contributed by atoms with Crippen LogP contribution >= 0.6 is 24.0 Å². The molecule has 30 heavy (non-hydrogen) atoms. The molecule has 0 unspecified atom stereocenters. The highest BCUT2D eigenvalue weighted by Gasteiger charge is 2.32. The highest BCUT2D eigenvalue weighted by atomic mass is 32.2. The number of aliphatic carboxylic acids is 1. The van der Waals surface area contributed by atoms with Gasteiger partial charge in [-0.3, -0.25) is 9.69 Å². The van der Waals surface area contributed by atoms with Gasteiger partial charge in [-0.15, -0.1) is 0 Å². The molecule has 1 amide bonds. The molecule has 0 N–H and O–H groups in total. The molecule has 0 radical (unpaired) electrons. The van der Waals surface area contributed by atoms with Crippen LogP contribution in [0.5, 0.6) is 5.75 Å². The third-order valence-corrected chi connectivity index (χ3v) is 6.01. The molecule has 0 saturated carbocycles. The number of amides is 1. The zero-order chi connectivity index (χ0) is 21.1. The van der Waals surface area contributed by atoms with Crippen LogP contribution < -0.4 is 9.84 Å². The minimum Gasteiger partial charge on any atom is -0.548 e. The van der Waals surface area contributed by atoms with E-state index in [4.69, 9.17) is 17.0 Å². The third kappa shape index (κ3) is 4.22. The maximum atomic E-state index is 12.5. The van der Waals surface area contributed by atoms with Gasteiger partial charge >= 0.3 is 0 Å². The monoisotopic (exact) mass is 434 g/mol. The first kappa shape index (κ1) is 20.1. The summed E-state index contributed by atoms with van der Waals surface area (Å²) in [7, 11) is 0. The van der Waals surface area contributed by atoms with E-state index < -0.39 is 18.4 Å². The molecule has 1 fully saturated rings. The molecule has 4 rings (SSSR count). The van der Waals surface area contributed by atoms with Gasteiger partial charge in [0.05, 0.1) is 17.4 Å². The summed E-state index contributed by atoms with van der Waals surface area (Å²) in [5.41, 5.74) is 1.77. The van der Waals surface area contributed by atoms with Gasteiger partial charge in [-0.25, -0.2) is 0 Å². The van der Waals surface area contributed by atoms with Crippen LogP contribution in [-0.2, 0) is 16.2 Å². The van der Waals surface area contributed by atoms with E-state index in [-0.39, 0.29) is 4.32 Å². The number of hydrogen-bond acceptors (Lipinski definition) is 6. The van der Waals surface area contributed by atoms with Crippen molar-refractivity contribution in [2.75, 3.05) is 6.54 Å². The van der Waals surface area contributed by atoms with Crippen LogP contribution in [0.15, 0.2) is 71.6 Å². The van der Waals surface area contributed by atoms with E-state index >= 15 is 0 Å². The Labute approximate surface area is 183 Å². The molecule has 0 atom stereocenters. The van der Waals surface area contributed by atoms with Crippen LogP contribution in [0, 0.1) is 0 Å². The molecular formula is C23H16NO4S2-. The minimum atomic E-state index is -1.36. The number of carboxylic acids is 1. The second-order valence-electron chi connectivity index (χ2n) is 6.60. The largest absolute Gasteiger partial charge is 0.548 e. The number of hydrogen-bond donors (Lipinski definition) is 0. The lowest BCUT2D eigenvalue weighted by atomic mass is 10.1. The maximum Gasteiger partial charge on any atom is 0.266 e. The van der Waals surface area contributed by atoms with Crippen molar-refractivity contribution in [2.45, 2.75) is 6.61 Å². The quantitative estimate of drug-likeness (QED) is 0.438. The average molecular weight is 435 g/mol. The van der Waals surface area contributed by atoms with E-state index in [9.17, 15) is 14.7 Å². The van der Waals surface area contributed by atoms with Crippen molar-refractivity contribution < 1.29 is 19.4 Å². The number of nitrogens with zero attached hydrogens (tertiary/aromatic N) is 1. The van der Waals surface area contributed by atoms with Gasteiger partial charge in [-0.05, 0) is 28.5 Å². The lowest BCUT2D eigenvalue weighted by Crippen LogP contribution is -2.40. The Hall–Kier alpha value is -3.16. The lowest BCUT2D eigenvalue weighted by molar-refractivity contribution is -0.305. The van der Waals surface area contributed by atoms with Crippen LogP contribution in [0.4, 0.5) is 0 Å². The topological polar surface area (TPSA) is 69.7 Å². The van der Waals surface area contributed by atoms with Gasteiger partial charge in [0.2, 0.25) is 0 Å². The molecule has 1 heterocycles. The minimum absolute atomic E-state index is 0.199. The first-order chi connectivity index (χ1) is 14.5. The van der Waals surface area contributed by atoms with Gasteiger partial charge in [0.15, 0.2) is 0 Å². The van der Waals surface area contributed by atoms with Gasteiger partial charge in [-0.1, -0.05) is 84.6 Å². The first-order valence-electron chi connectivity index (χ1n) is 9.16. The fourth-order valence-electron chi connectivity index (χ4n) is 3.21. The maximum absolute atomic E-state index is 12.5. The van der Waals surface area contributed by atoms with Crippen LogP contribution in [0.3, 0.4) is 0 Å². The smallest absolute Gasteiger partial charge is 0.266 e. The summed E-state index contributed by atoms with van der Waals surface area (Å²) in [5, 5.41) is 13.1. The van der Waals surface area contributed by atoms with Crippen LogP contribution in [0.25, 0.3) is 16.8 Å². The van der Waals surface area contributed by atoms with Crippen LogP contribution in [-0.4, -0.2) is 27.6 Å². The second-order valence-corrected chi connectivity index (χ2v) is 8.28. The number of ether oxygens (including phenoxy) is 1. The first-order valence-corrected chi connectivity index (χ1v) is 10.4. The van der Waals surface area contributed by atoms with Crippen molar-refractivity contribution in [3.63, 3.8) is 0 Å². The van der Waals surface area contributed by atoms with E-state index in [2.05, 4.69) is 18.2 Å². The number of para-hydroxylation sites is 1. The normalized spacial score (nSPS) is 15.2. The predicted molar refractivity (Wildman–Crippen MR) is 120 cm³/mol. The Balaban J connectivity index is 1.57. The molecular weight excluding hydrogens is 418 g/mol. The van der Waals surface area contributed by atoms with Crippen molar-refractivity contribution in [2.24, 2.45) is 0 Å². The number of rotatable bonds is 6. The molecule has 3 aromatic carbocycles. The number of carboxylic acid groups (broad SMARTS) is 1. The Morgan fingerprint density at radius 2 is 1.80 bits per heavy atom. The van der Waals surface area contributed by atoms with Crippen molar-refractivity contribution in [1.29, 1.82) is 0 Å². The highest BCUT2D eigenvalue weighted by Crippen LogP contribution is 2.34. The number of thiocarbonyl (C=S) groups is 1. The second kappa shape index (κ2) is 8.69. The van der Waals surface area contributed by atoms with E-state index in [0.29, 0.717) is 22.8 Å². The molecule has 0 aromatic heterocycles. The Bertz CT molecular complexity index is 1180. The lowest BCUT2D eigenvalue weighted by Gasteiger charge is -2.14. The molecule has 3 aromatic rings. The van der Waals surface area contributed by atoms with Crippen LogP contribution in [0.1, 0.15) is 11.1 Å². The number of carbonyl (C=O) groups is 2. The summed E-state index contributed by atoms with van der Waals surface area (Å²) in [6, 6.07) is 21.6. The highest BCUT2D eigenvalue weighted by molar-refractivity contribution is 8.26. The Morgan fingerprint density at radius 3 is 2.63 bits per heavy atom. The van der Waals surface area contributed by atoms with Crippen LogP contribution in [0.2, 0.25) is 0 Å². The number of fused-ring (bicyclic) bond motifs is 1. The molecule has 0 aliphatic carbocycles. The van der Waals surface area contributed by atoms with Gasteiger partial charge < -0.3 is 14.6 Å². The Kier molecular flexibility index (Phi) is 5.83. The molecule has 7 heteroatoms. The SMILES string of the molecule is O=C([O-])CN1C(=O)/C(=C\c2ccccc2OCc2cccc3ccccc23)SC1=S. The van der Waals surface area contributed by atoms with Gasteiger partial charge in [0.25, 0.3) is 5.91 Å². The number of benzene rings is 3. The third-order valence-electron chi connectivity index (χ3n) is 4.63. The summed E-state index contributed by atoms with van der Waals surface area (Å²) in [6.45, 7) is -0.181. The zero-order valence-electron chi connectivity index (χ0n) is 15.7. The van der Waals surface area contributed by atoms with E-state index in [1.165, 1.54) is 0 Å². The number of thioether (sulfide) groups is 1. The summed E-state index contributed by atoms with van der Waals surface area (Å²) < 4.78 is 6.28. The molecule has 1 saturated heterocycles. The molecule has 0 spiro atoms. The fourth-order valence-corrected chi connectivity index (χ4v) is 4.46. The summed E-state index contributed by atoms with van der Waals surface area (Å²) in [5.74, 6) is -1.18. The van der Waals surface area contributed by atoms with Gasteiger partial charge in [0.1, 0.15) is 16.7 Å². The molecule has 1 aliphatic rings. The van der Waals surface area contributed by atoms with Crippen molar-refractivity contribution in [1.82, 2.24) is 4.90 Å². The molecule has 0 bridgehead atoms.